The molecule has 58 heavy (non-hydrogen) atoms. The highest BCUT2D eigenvalue weighted by atomic mass is 16.6. The van der Waals surface area contributed by atoms with Gasteiger partial charge in [-0.3, -0.25) is 9.59 Å². The number of nitrogens with zero attached hydrogens (tertiary/aromatic N) is 1. The summed E-state index contributed by atoms with van der Waals surface area (Å²) in [5.41, 5.74) is 0. The highest BCUT2D eigenvalue weighted by Crippen LogP contribution is 2.12. The Balaban J connectivity index is 4.45. The van der Waals surface area contributed by atoms with Crippen LogP contribution in [0.1, 0.15) is 162 Å². The first-order chi connectivity index (χ1) is 28.1. The maximum absolute atomic E-state index is 12.7. The van der Waals surface area contributed by atoms with E-state index in [0.717, 1.165) is 89.9 Å². The summed E-state index contributed by atoms with van der Waals surface area (Å²) in [6.45, 7) is 4.53. The molecular weight excluding hydrogens is 727 g/mol. The molecule has 0 bridgehead atoms. The minimum Gasteiger partial charge on any atom is -0.477 e. The number of rotatable bonds is 39. The van der Waals surface area contributed by atoms with Crippen molar-refractivity contribution in [2.75, 3.05) is 41.0 Å². The standard InChI is InChI=1S/C50H83NO7/c1-6-8-10-12-14-16-18-20-22-24-25-27-28-30-32-34-36-38-40-48(52)57-45-46(44-56-43-42-47(50(54)55)51(3,4)5)58-49(53)41-39-37-35-33-31-29-26-23-21-19-17-15-13-11-9-7-2/h9,11,15,17-18,20-25,27,29,31,46-47H,6-8,10,12-14,16,19,26,28,30,32-45H2,1-5H3/p+1/b11-9+,17-15+,20-18+,23-21+,24-22+,27-25+,31-29+. The smallest absolute Gasteiger partial charge is 0.362 e. The van der Waals surface area contributed by atoms with Gasteiger partial charge in [-0.05, 0) is 77.0 Å². The van der Waals surface area contributed by atoms with Gasteiger partial charge in [-0.15, -0.1) is 0 Å². The number of carboxylic acids is 1. The van der Waals surface area contributed by atoms with Crippen LogP contribution in [0.15, 0.2) is 85.1 Å². The summed E-state index contributed by atoms with van der Waals surface area (Å²) in [5.74, 6) is -1.54. The van der Waals surface area contributed by atoms with Gasteiger partial charge in [-0.1, -0.05) is 150 Å². The molecule has 0 radical (unpaired) electrons. The van der Waals surface area contributed by atoms with Crippen molar-refractivity contribution in [3.8, 4) is 0 Å². The molecule has 0 aliphatic carbocycles. The summed E-state index contributed by atoms with van der Waals surface area (Å²) < 4.78 is 17.2. The van der Waals surface area contributed by atoms with E-state index >= 15 is 0 Å². The summed E-state index contributed by atoms with van der Waals surface area (Å²) in [4.78, 5) is 37.0. The average Bonchev–Trinajstić information content (AvgIpc) is 3.18. The van der Waals surface area contributed by atoms with E-state index in [2.05, 4.69) is 98.9 Å². The van der Waals surface area contributed by atoms with Crippen molar-refractivity contribution in [3.63, 3.8) is 0 Å². The van der Waals surface area contributed by atoms with Crippen molar-refractivity contribution >= 4 is 17.9 Å². The van der Waals surface area contributed by atoms with Crippen LogP contribution < -0.4 is 0 Å². The van der Waals surface area contributed by atoms with Crippen molar-refractivity contribution in [1.82, 2.24) is 0 Å². The number of quaternary nitrogens is 1. The average molecular weight is 811 g/mol. The lowest BCUT2D eigenvalue weighted by Crippen LogP contribution is -2.50. The first-order valence-corrected chi connectivity index (χ1v) is 22.7. The fourth-order valence-corrected chi connectivity index (χ4v) is 6.08. The molecule has 0 spiro atoms. The second-order valence-corrected chi connectivity index (χ2v) is 16.0. The van der Waals surface area contributed by atoms with E-state index in [0.29, 0.717) is 19.3 Å². The van der Waals surface area contributed by atoms with Gasteiger partial charge in [0.25, 0.3) is 0 Å². The largest absolute Gasteiger partial charge is 0.477 e. The van der Waals surface area contributed by atoms with Gasteiger partial charge in [0.2, 0.25) is 0 Å². The fourth-order valence-electron chi connectivity index (χ4n) is 6.08. The third-order valence-electron chi connectivity index (χ3n) is 9.59. The summed E-state index contributed by atoms with van der Waals surface area (Å²) in [6.07, 6.45) is 51.9. The molecule has 1 N–H and O–H groups in total. The Bertz CT molecular complexity index is 1220. The summed E-state index contributed by atoms with van der Waals surface area (Å²) >= 11 is 0. The zero-order valence-corrected chi connectivity index (χ0v) is 37.5. The molecule has 8 heteroatoms. The Morgan fingerprint density at radius 1 is 0.552 bits per heavy atom. The molecule has 0 saturated carbocycles. The molecule has 0 amide bonds. The second kappa shape index (κ2) is 40.3. The first-order valence-electron chi connectivity index (χ1n) is 22.7. The minimum absolute atomic E-state index is 0.0362. The van der Waals surface area contributed by atoms with E-state index in [1.807, 2.05) is 21.1 Å². The number of carbonyl (C=O) groups excluding carboxylic acids is 2. The Kier molecular flexibility index (Phi) is 37.9. The van der Waals surface area contributed by atoms with Crippen LogP contribution in [-0.2, 0) is 28.6 Å². The number of ether oxygens (including phenoxy) is 3. The molecule has 0 aromatic heterocycles. The zero-order chi connectivity index (χ0) is 42.8. The number of carbonyl (C=O) groups is 3. The van der Waals surface area contributed by atoms with E-state index in [4.69, 9.17) is 14.2 Å². The molecule has 0 aliphatic heterocycles. The number of allylic oxidation sites excluding steroid dienone is 14. The molecule has 0 heterocycles. The van der Waals surface area contributed by atoms with Crippen LogP contribution in [0.5, 0.6) is 0 Å². The summed E-state index contributed by atoms with van der Waals surface area (Å²) in [6, 6.07) is -0.629. The molecule has 2 atom stereocenters. The van der Waals surface area contributed by atoms with Crippen LogP contribution in [0, 0.1) is 0 Å². The lowest BCUT2D eigenvalue weighted by Gasteiger charge is -2.31. The number of likely N-dealkylation sites (N-methyl/N-ethyl adjacent to an activating group) is 1. The van der Waals surface area contributed by atoms with Gasteiger partial charge >= 0.3 is 17.9 Å². The molecule has 0 aliphatic rings. The Morgan fingerprint density at radius 2 is 1.03 bits per heavy atom. The molecular formula is C50H84NO7+. The van der Waals surface area contributed by atoms with E-state index in [-0.39, 0.29) is 42.7 Å². The van der Waals surface area contributed by atoms with Crippen LogP contribution in [0.3, 0.4) is 0 Å². The van der Waals surface area contributed by atoms with Crippen molar-refractivity contribution in [2.45, 2.75) is 174 Å². The first kappa shape index (κ1) is 54.5. The maximum atomic E-state index is 12.7. The van der Waals surface area contributed by atoms with Crippen LogP contribution >= 0.6 is 0 Å². The van der Waals surface area contributed by atoms with Gasteiger partial charge in [-0.25, -0.2) is 4.79 Å². The van der Waals surface area contributed by atoms with Gasteiger partial charge in [0.05, 0.1) is 34.4 Å². The molecule has 2 unspecified atom stereocenters. The van der Waals surface area contributed by atoms with Crippen LogP contribution in [0.25, 0.3) is 0 Å². The lowest BCUT2D eigenvalue weighted by atomic mass is 10.1. The number of hydrogen-bond acceptors (Lipinski definition) is 6. The van der Waals surface area contributed by atoms with Gasteiger partial charge < -0.3 is 23.8 Å². The number of carboxylic acid groups (broad SMARTS) is 1. The predicted octanol–water partition coefficient (Wildman–Crippen LogP) is 12.5. The fraction of sp³-hybridized carbons (Fsp3) is 0.660. The number of esters is 2. The van der Waals surface area contributed by atoms with Crippen LogP contribution in [-0.4, -0.2) is 80.6 Å². The predicted molar refractivity (Wildman–Crippen MR) is 243 cm³/mol. The Hall–Kier alpha value is -3.49. The van der Waals surface area contributed by atoms with Gasteiger partial charge in [0, 0.05) is 19.3 Å². The highest BCUT2D eigenvalue weighted by molar-refractivity contribution is 5.72. The second-order valence-electron chi connectivity index (χ2n) is 16.0. The maximum Gasteiger partial charge on any atom is 0.362 e. The van der Waals surface area contributed by atoms with Gasteiger partial charge in [0.1, 0.15) is 6.61 Å². The van der Waals surface area contributed by atoms with E-state index in [1.54, 1.807) is 0 Å². The molecule has 0 saturated heterocycles. The lowest BCUT2D eigenvalue weighted by molar-refractivity contribution is -0.887. The molecule has 8 nitrogen and oxygen atoms in total. The third-order valence-corrected chi connectivity index (χ3v) is 9.59. The highest BCUT2D eigenvalue weighted by Gasteiger charge is 2.31. The van der Waals surface area contributed by atoms with E-state index in [9.17, 15) is 19.5 Å². The monoisotopic (exact) mass is 811 g/mol. The molecule has 0 aromatic carbocycles. The number of hydrogen-bond donors (Lipinski definition) is 1. The van der Waals surface area contributed by atoms with Crippen molar-refractivity contribution in [1.29, 1.82) is 0 Å². The molecule has 0 aromatic rings. The zero-order valence-electron chi connectivity index (χ0n) is 37.5. The normalized spacial score (nSPS) is 13.7. The molecule has 0 rings (SSSR count). The third kappa shape index (κ3) is 38.1. The van der Waals surface area contributed by atoms with Gasteiger partial charge in [0.15, 0.2) is 12.1 Å². The van der Waals surface area contributed by atoms with Crippen molar-refractivity contribution in [2.24, 2.45) is 0 Å². The van der Waals surface area contributed by atoms with Crippen LogP contribution in [0.4, 0.5) is 0 Å². The summed E-state index contributed by atoms with van der Waals surface area (Å²) in [7, 11) is 5.50. The van der Waals surface area contributed by atoms with Crippen molar-refractivity contribution in [3.05, 3.63) is 85.1 Å². The molecule has 330 valence electrons. The van der Waals surface area contributed by atoms with Crippen molar-refractivity contribution < 1.29 is 38.2 Å². The molecule has 0 fully saturated rings. The Labute approximate surface area is 354 Å². The summed E-state index contributed by atoms with van der Waals surface area (Å²) in [5, 5.41) is 9.62. The van der Waals surface area contributed by atoms with Gasteiger partial charge in [-0.2, -0.15) is 0 Å². The number of unbranched alkanes of at least 4 members (excludes halogenated alkanes) is 13. The van der Waals surface area contributed by atoms with E-state index in [1.165, 1.54) is 32.1 Å². The minimum atomic E-state index is -0.887. The SMILES string of the molecule is CC/C=C/C/C=C/C/C=C/C/C=C/CCCCCC(=O)OC(COCCC(C(=O)O)[N+](C)(C)C)COC(=O)CCCCCCC/C=C/C=C/C=C/CCCCCCC. The van der Waals surface area contributed by atoms with E-state index < -0.39 is 18.1 Å². The van der Waals surface area contributed by atoms with Crippen LogP contribution in [0.2, 0.25) is 0 Å². The number of aliphatic carboxylic acids is 1. The Morgan fingerprint density at radius 3 is 1.59 bits per heavy atom. The topological polar surface area (TPSA) is 99.1 Å². The quantitative estimate of drug-likeness (QED) is 0.0217.